The molecule has 3 heteroatoms. The minimum atomic E-state index is 0.329. The Morgan fingerprint density at radius 1 is 1.35 bits per heavy atom. The topological polar surface area (TPSA) is 34.1 Å². The van der Waals surface area contributed by atoms with Crippen molar-refractivity contribution in [3.05, 3.63) is 23.9 Å². The number of nitrogens with one attached hydrogen (secondary N) is 1. The Kier molecular flexibility index (Phi) is 5.98. The fraction of sp³-hybridized carbons (Fsp3) is 0.643. The molecule has 3 nitrogen and oxygen atoms in total. The molecule has 0 saturated carbocycles. The first-order valence-corrected chi connectivity index (χ1v) is 6.43. The van der Waals surface area contributed by atoms with E-state index in [-0.39, 0.29) is 0 Å². The fourth-order valence-electron chi connectivity index (χ4n) is 1.70. The molecule has 2 unspecified atom stereocenters. The number of pyridine rings is 1. The summed E-state index contributed by atoms with van der Waals surface area (Å²) in [5, 5.41) is 3.19. The average molecular weight is 236 g/mol. The van der Waals surface area contributed by atoms with Gasteiger partial charge in [0.2, 0.25) is 5.88 Å². The maximum atomic E-state index is 5.66. The van der Waals surface area contributed by atoms with Crippen LogP contribution in [0.2, 0.25) is 0 Å². The van der Waals surface area contributed by atoms with Crippen LogP contribution < -0.4 is 10.1 Å². The lowest BCUT2D eigenvalue weighted by Gasteiger charge is -2.13. The Morgan fingerprint density at radius 3 is 2.65 bits per heavy atom. The molecule has 1 N–H and O–H groups in total. The van der Waals surface area contributed by atoms with E-state index in [2.05, 4.69) is 37.1 Å². The van der Waals surface area contributed by atoms with Crippen molar-refractivity contribution < 1.29 is 4.74 Å². The molecule has 0 aliphatic carbocycles. The number of rotatable bonds is 7. The summed E-state index contributed by atoms with van der Waals surface area (Å²) in [4.78, 5) is 4.32. The Balaban J connectivity index is 2.45. The molecule has 17 heavy (non-hydrogen) atoms. The second kappa shape index (κ2) is 7.28. The molecule has 2 atom stereocenters. The first-order chi connectivity index (χ1) is 8.17. The van der Waals surface area contributed by atoms with E-state index in [0.29, 0.717) is 12.0 Å². The number of ether oxygens (including phenoxy) is 1. The first kappa shape index (κ1) is 14.0. The van der Waals surface area contributed by atoms with Gasteiger partial charge in [-0.25, -0.2) is 4.98 Å². The van der Waals surface area contributed by atoms with E-state index in [1.165, 1.54) is 18.4 Å². The summed E-state index contributed by atoms with van der Waals surface area (Å²) in [5.41, 5.74) is 1.18. The quantitative estimate of drug-likeness (QED) is 0.789. The predicted molar refractivity (Wildman–Crippen MR) is 71.3 cm³/mol. The van der Waals surface area contributed by atoms with Crippen LogP contribution in [0.3, 0.4) is 0 Å². The zero-order valence-electron chi connectivity index (χ0n) is 11.4. The Labute approximate surface area is 105 Å². The largest absolute Gasteiger partial charge is 0.477 e. The molecular weight excluding hydrogens is 212 g/mol. The van der Waals surface area contributed by atoms with E-state index < -0.39 is 0 Å². The molecule has 96 valence electrons. The standard InChI is InChI=1S/C14H24N2O/c1-5-6-11(2)10-17-14-8-7-13(9-16-14)12(3)15-4/h7-9,11-12,15H,5-6,10H2,1-4H3. The average Bonchev–Trinajstić information content (AvgIpc) is 2.36. The van der Waals surface area contributed by atoms with Crippen molar-refractivity contribution in [3.8, 4) is 5.88 Å². The fourth-order valence-corrected chi connectivity index (χ4v) is 1.70. The number of hydrogen-bond donors (Lipinski definition) is 1. The van der Waals surface area contributed by atoms with Crippen molar-refractivity contribution in [3.63, 3.8) is 0 Å². The van der Waals surface area contributed by atoms with Crippen LogP contribution >= 0.6 is 0 Å². The Hall–Kier alpha value is -1.09. The van der Waals surface area contributed by atoms with E-state index in [9.17, 15) is 0 Å². The van der Waals surface area contributed by atoms with Crippen LogP contribution in [0.1, 0.15) is 45.2 Å². The summed E-state index contributed by atoms with van der Waals surface area (Å²) in [5.74, 6) is 1.32. The van der Waals surface area contributed by atoms with E-state index in [4.69, 9.17) is 4.74 Å². The molecule has 1 aromatic heterocycles. The van der Waals surface area contributed by atoms with Crippen LogP contribution in [-0.4, -0.2) is 18.6 Å². The van der Waals surface area contributed by atoms with Gasteiger partial charge in [-0.1, -0.05) is 26.3 Å². The highest BCUT2D eigenvalue weighted by atomic mass is 16.5. The van der Waals surface area contributed by atoms with Gasteiger partial charge in [0.15, 0.2) is 0 Å². The molecule has 0 radical (unpaired) electrons. The minimum Gasteiger partial charge on any atom is -0.477 e. The second-order valence-electron chi connectivity index (χ2n) is 4.64. The van der Waals surface area contributed by atoms with Crippen molar-refractivity contribution >= 4 is 0 Å². The summed E-state index contributed by atoms with van der Waals surface area (Å²) >= 11 is 0. The van der Waals surface area contributed by atoms with Gasteiger partial charge < -0.3 is 10.1 Å². The third-order valence-corrected chi connectivity index (χ3v) is 2.99. The van der Waals surface area contributed by atoms with Gasteiger partial charge in [-0.15, -0.1) is 0 Å². The maximum absolute atomic E-state index is 5.66. The van der Waals surface area contributed by atoms with Gasteiger partial charge in [-0.2, -0.15) is 0 Å². The van der Waals surface area contributed by atoms with Crippen LogP contribution in [-0.2, 0) is 0 Å². The maximum Gasteiger partial charge on any atom is 0.213 e. The van der Waals surface area contributed by atoms with Crippen LogP contribution in [0.5, 0.6) is 5.88 Å². The molecule has 0 saturated heterocycles. The Morgan fingerprint density at radius 2 is 2.12 bits per heavy atom. The Bertz CT molecular complexity index is 311. The molecule has 0 aliphatic heterocycles. The van der Waals surface area contributed by atoms with E-state index in [0.717, 1.165) is 12.5 Å². The van der Waals surface area contributed by atoms with Crippen molar-refractivity contribution in [1.82, 2.24) is 10.3 Å². The highest BCUT2D eigenvalue weighted by Gasteiger charge is 2.05. The van der Waals surface area contributed by atoms with Crippen LogP contribution in [0.25, 0.3) is 0 Å². The zero-order valence-corrected chi connectivity index (χ0v) is 11.4. The lowest BCUT2D eigenvalue weighted by atomic mass is 10.1. The predicted octanol–water partition coefficient (Wildman–Crippen LogP) is 3.18. The minimum absolute atomic E-state index is 0.329. The molecule has 0 bridgehead atoms. The molecule has 0 aromatic carbocycles. The monoisotopic (exact) mass is 236 g/mol. The molecule has 1 heterocycles. The van der Waals surface area contributed by atoms with E-state index >= 15 is 0 Å². The summed E-state index contributed by atoms with van der Waals surface area (Å²) < 4.78 is 5.66. The van der Waals surface area contributed by atoms with Gasteiger partial charge in [0.05, 0.1) is 6.61 Å². The number of nitrogens with zero attached hydrogens (tertiary/aromatic N) is 1. The lowest BCUT2D eigenvalue weighted by molar-refractivity contribution is 0.243. The molecule has 1 aromatic rings. The third-order valence-electron chi connectivity index (χ3n) is 2.99. The van der Waals surface area contributed by atoms with Crippen molar-refractivity contribution in [2.75, 3.05) is 13.7 Å². The normalized spacial score (nSPS) is 14.4. The first-order valence-electron chi connectivity index (χ1n) is 6.43. The third kappa shape index (κ3) is 4.73. The van der Waals surface area contributed by atoms with Crippen LogP contribution in [0.15, 0.2) is 18.3 Å². The number of hydrogen-bond acceptors (Lipinski definition) is 3. The van der Waals surface area contributed by atoms with Gasteiger partial charge in [0, 0.05) is 18.3 Å². The highest BCUT2D eigenvalue weighted by Crippen LogP contribution is 2.15. The summed E-state index contributed by atoms with van der Waals surface area (Å²) in [6.45, 7) is 7.27. The SMILES string of the molecule is CCCC(C)COc1ccc(C(C)NC)cn1. The smallest absolute Gasteiger partial charge is 0.213 e. The molecule has 0 amide bonds. The second-order valence-corrected chi connectivity index (χ2v) is 4.64. The van der Waals surface area contributed by atoms with Gasteiger partial charge in [-0.3, -0.25) is 0 Å². The lowest BCUT2D eigenvalue weighted by Crippen LogP contribution is -2.13. The van der Waals surface area contributed by atoms with Crippen LogP contribution in [0.4, 0.5) is 0 Å². The highest BCUT2D eigenvalue weighted by molar-refractivity contribution is 5.20. The summed E-state index contributed by atoms with van der Waals surface area (Å²) in [6.07, 6.45) is 4.28. The van der Waals surface area contributed by atoms with Gasteiger partial charge in [-0.05, 0) is 31.9 Å². The zero-order chi connectivity index (χ0) is 12.7. The van der Waals surface area contributed by atoms with Gasteiger partial charge in [0.1, 0.15) is 0 Å². The van der Waals surface area contributed by atoms with Crippen LogP contribution in [0, 0.1) is 5.92 Å². The number of aromatic nitrogens is 1. The molecular formula is C14H24N2O. The van der Waals surface area contributed by atoms with Crippen molar-refractivity contribution in [2.45, 2.75) is 39.7 Å². The molecule has 0 aliphatic rings. The van der Waals surface area contributed by atoms with Crippen molar-refractivity contribution in [2.24, 2.45) is 5.92 Å². The summed E-state index contributed by atoms with van der Waals surface area (Å²) in [7, 11) is 1.95. The molecule has 0 fully saturated rings. The van der Waals surface area contributed by atoms with Gasteiger partial charge in [0.25, 0.3) is 0 Å². The summed E-state index contributed by atoms with van der Waals surface area (Å²) in [6, 6.07) is 4.34. The molecule has 0 spiro atoms. The van der Waals surface area contributed by atoms with E-state index in [1.54, 1.807) is 0 Å². The van der Waals surface area contributed by atoms with Crippen molar-refractivity contribution in [1.29, 1.82) is 0 Å². The molecule has 1 rings (SSSR count). The van der Waals surface area contributed by atoms with Gasteiger partial charge >= 0.3 is 0 Å². The van der Waals surface area contributed by atoms with E-state index in [1.807, 2.05) is 19.3 Å².